The van der Waals surface area contributed by atoms with Crippen molar-refractivity contribution in [2.45, 2.75) is 25.4 Å². The quantitative estimate of drug-likeness (QED) is 0.630. The highest BCUT2D eigenvalue weighted by Crippen LogP contribution is 2.40. The molecule has 1 aliphatic carbocycles. The smallest absolute Gasteiger partial charge is 0.387 e. The number of nitrogens with one attached hydrogen (secondary N) is 1. The summed E-state index contributed by atoms with van der Waals surface area (Å²) < 4.78 is 36.4. The second-order valence-electron chi connectivity index (χ2n) is 6.67. The summed E-state index contributed by atoms with van der Waals surface area (Å²) in [6.45, 7) is -3.00. The van der Waals surface area contributed by atoms with E-state index in [9.17, 15) is 13.6 Å². The second kappa shape index (κ2) is 7.90. The first-order valence-corrected chi connectivity index (χ1v) is 9.14. The Hall–Kier alpha value is -3.42. The molecular formula is C21H19F2N3O3. The molecule has 4 rings (SSSR count). The molecule has 0 unspecified atom stereocenters. The van der Waals surface area contributed by atoms with Gasteiger partial charge in [-0.2, -0.15) is 13.9 Å². The zero-order valence-corrected chi connectivity index (χ0v) is 15.6. The van der Waals surface area contributed by atoms with Crippen LogP contribution in [0.4, 0.5) is 14.5 Å². The van der Waals surface area contributed by atoms with Gasteiger partial charge in [0.15, 0.2) is 11.5 Å². The molecule has 1 N–H and O–H groups in total. The molecule has 6 nitrogen and oxygen atoms in total. The van der Waals surface area contributed by atoms with Crippen molar-refractivity contribution >= 4 is 11.6 Å². The zero-order valence-electron chi connectivity index (χ0n) is 15.6. The maximum absolute atomic E-state index is 13.0. The number of benzene rings is 2. The van der Waals surface area contributed by atoms with E-state index < -0.39 is 12.5 Å². The Balaban J connectivity index is 1.63. The van der Waals surface area contributed by atoms with Crippen molar-refractivity contribution in [3.63, 3.8) is 0 Å². The van der Waals surface area contributed by atoms with Gasteiger partial charge in [0.2, 0.25) is 0 Å². The molecule has 0 aliphatic heterocycles. The maximum atomic E-state index is 13.0. The highest BCUT2D eigenvalue weighted by Gasteiger charge is 2.29. The van der Waals surface area contributed by atoms with Crippen LogP contribution in [-0.2, 0) is 0 Å². The number of methoxy groups -OCH3 is 1. The van der Waals surface area contributed by atoms with E-state index in [0.29, 0.717) is 17.3 Å². The minimum atomic E-state index is -3.00. The molecule has 0 bridgehead atoms. The first-order valence-electron chi connectivity index (χ1n) is 9.14. The third kappa shape index (κ3) is 4.21. The molecule has 3 aromatic rings. The number of anilines is 1. The molecule has 0 radical (unpaired) electrons. The number of nitrogens with zero attached hydrogens (tertiary/aromatic N) is 2. The fourth-order valence-electron chi connectivity index (χ4n) is 3.04. The van der Waals surface area contributed by atoms with E-state index in [1.807, 2.05) is 30.3 Å². The van der Waals surface area contributed by atoms with E-state index in [4.69, 9.17) is 4.74 Å². The topological polar surface area (TPSA) is 65.4 Å². The summed E-state index contributed by atoms with van der Waals surface area (Å²) in [4.78, 5) is 13.0. The van der Waals surface area contributed by atoms with E-state index in [0.717, 1.165) is 24.2 Å². The Bertz CT molecular complexity index is 1020. The molecule has 0 atom stereocenters. The average Bonchev–Trinajstić information content (AvgIpc) is 3.46. The molecule has 0 spiro atoms. The molecule has 29 heavy (non-hydrogen) atoms. The Morgan fingerprint density at radius 1 is 1.14 bits per heavy atom. The SMILES string of the molecule is COc1ccc(NC(=O)c2cc(C3CC3)nn2-c2ccccc2)cc1OC(F)F. The number of halogens is 2. The summed E-state index contributed by atoms with van der Waals surface area (Å²) >= 11 is 0. The Labute approximate surface area is 166 Å². The standard InChI is InChI=1S/C21H19F2N3O3/c1-28-18-10-9-14(11-19(18)29-21(22)23)24-20(27)17-12-16(13-7-8-13)25-26(17)15-5-3-2-4-6-15/h2-6,9-13,21H,7-8H2,1H3,(H,24,27). The van der Waals surface area contributed by atoms with Crippen LogP contribution < -0.4 is 14.8 Å². The van der Waals surface area contributed by atoms with E-state index >= 15 is 0 Å². The Morgan fingerprint density at radius 2 is 1.90 bits per heavy atom. The number of hydrogen-bond acceptors (Lipinski definition) is 4. The van der Waals surface area contributed by atoms with Gasteiger partial charge in [-0.3, -0.25) is 4.79 Å². The Kier molecular flexibility index (Phi) is 5.16. The van der Waals surface area contributed by atoms with E-state index in [1.165, 1.54) is 19.2 Å². The number of alkyl halides is 2. The lowest BCUT2D eigenvalue weighted by molar-refractivity contribution is -0.0511. The van der Waals surface area contributed by atoms with E-state index in [2.05, 4.69) is 15.2 Å². The van der Waals surface area contributed by atoms with Crippen LogP contribution in [-0.4, -0.2) is 29.4 Å². The highest BCUT2D eigenvalue weighted by molar-refractivity contribution is 6.03. The number of carbonyl (C=O) groups is 1. The summed E-state index contributed by atoms with van der Waals surface area (Å²) in [5.74, 6) is -0.0378. The number of para-hydroxylation sites is 1. The zero-order chi connectivity index (χ0) is 20.4. The number of hydrogen-bond donors (Lipinski definition) is 1. The highest BCUT2D eigenvalue weighted by atomic mass is 19.3. The van der Waals surface area contributed by atoms with Crippen LogP contribution in [0, 0.1) is 0 Å². The fourth-order valence-corrected chi connectivity index (χ4v) is 3.04. The van der Waals surface area contributed by atoms with Gasteiger partial charge >= 0.3 is 6.61 Å². The molecule has 0 saturated heterocycles. The minimum Gasteiger partial charge on any atom is -0.493 e. The van der Waals surface area contributed by atoms with Crippen molar-refractivity contribution in [3.8, 4) is 17.2 Å². The average molecular weight is 399 g/mol. The van der Waals surface area contributed by atoms with Crippen molar-refractivity contribution in [2.75, 3.05) is 12.4 Å². The normalized spacial score (nSPS) is 13.4. The molecule has 1 heterocycles. The van der Waals surface area contributed by atoms with Gasteiger partial charge in [0, 0.05) is 17.7 Å². The maximum Gasteiger partial charge on any atom is 0.387 e. The summed E-state index contributed by atoms with van der Waals surface area (Å²) in [6, 6.07) is 15.4. The van der Waals surface area contributed by atoms with Crippen LogP contribution in [0.15, 0.2) is 54.6 Å². The van der Waals surface area contributed by atoms with Crippen molar-refractivity contribution < 1.29 is 23.0 Å². The largest absolute Gasteiger partial charge is 0.493 e. The first kappa shape index (κ1) is 18.9. The summed E-state index contributed by atoms with van der Waals surface area (Å²) in [5.41, 5.74) is 2.31. The third-order valence-corrected chi connectivity index (χ3v) is 4.59. The van der Waals surface area contributed by atoms with Crippen molar-refractivity contribution in [1.29, 1.82) is 0 Å². The summed E-state index contributed by atoms with van der Waals surface area (Å²) in [7, 11) is 1.35. The van der Waals surface area contributed by atoms with Gasteiger partial charge in [0.1, 0.15) is 5.69 Å². The lowest BCUT2D eigenvalue weighted by Gasteiger charge is -2.12. The predicted molar refractivity (Wildman–Crippen MR) is 103 cm³/mol. The number of aromatic nitrogens is 2. The number of ether oxygens (including phenoxy) is 2. The van der Waals surface area contributed by atoms with Crippen LogP contribution in [0.5, 0.6) is 11.5 Å². The van der Waals surface area contributed by atoms with Gasteiger partial charge in [-0.25, -0.2) is 4.68 Å². The lowest BCUT2D eigenvalue weighted by atomic mass is 10.2. The minimum absolute atomic E-state index is 0.147. The van der Waals surface area contributed by atoms with Crippen molar-refractivity contribution in [2.24, 2.45) is 0 Å². The second-order valence-corrected chi connectivity index (χ2v) is 6.67. The van der Waals surface area contributed by atoms with Gasteiger partial charge < -0.3 is 14.8 Å². The molecule has 150 valence electrons. The van der Waals surface area contributed by atoms with Crippen LogP contribution in [0.2, 0.25) is 0 Å². The van der Waals surface area contributed by atoms with Gasteiger partial charge in [-0.1, -0.05) is 18.2 Å². The molecule has 1 aliphatic rings. The number of carbonyl (C=O) groups excluding carboxylic acids is 1. The van der Waals surface area contributed by atoms with Crippen molar-refractivity contribution in [1.82, 2.24) is 9.78 Å². The molecular weight excluding hydrogens is 380 g/mol. The lowest BCUT2D eigenvalue weighted by Crippen LogP contribution is -2.17. The summed E-state index contributed by atoms with van der Waals surface area (Å²) in [5, 5.41) is 7.33. The van der Waals surface area contributed by atoms with Gasteiger partial charge in [-0.05, 0) is 43.2 Å². The number of amides is 1. The van der Waals surface area contributed by atoms with Crippen LogP contribution in [0.1, 0.15) is 34.9 Å². The van der Waals surface area contributed by atoms with Crippen molar-refractivity contribution in [3.05, 3.63) is 66.0 Å². The van der Waals surface area contributed by atoms with Gasteiger partial charge in [0.05, 0.1) is 18.5 Å². The van der Waals surface area contributed by atoms with E-state index in [-0.39, 0.29) is 11.5 Å². The Morgan fingerprint density at radius 3 is 2.55 bits per heavy atom. The molecule has 2 aromatic carbocycles. The van der Waals surface area contributed by atoms with Crippen LogP contribution in [0.3, 0.4) is 0 Å². The molecule has 1 aromatic heterocycles. The molecule has 1 fully saturated rings. The van der Waals surface area contributed by atoms with E-state index in [1.54, 1.807) is 16.8 Å². The molecule has 1 saturated carbocycles. The molecule has 1 amide bonds. The van der Waals surface area contributed by atoms with Crippen LogP contribution >= 0.6 is 0 Å². The monoisotopic (exact) mass is 399 g/mol. The fraction of sp³-hybridized carbons (Fsp3) is 0.238. The third-order valence-electron chi connectivity index (χ3n) is 4.59. The number of rotatable bonds is 7. The summed E-state index contributed by atoms with van der Waals surface area (Å²) in [6.07, 6.45) is 2.11. The van der Waals surface area contributed by atoms with Crippen LogP contribution in [0.25, 0.3) is 5.69 Å². The van der Waals surface area contributed by atoms with Gasteiger partial charge in [0.25, 0.3) is 5.91 Å². The van der Waals surface area contributed by atoms with Gasteiger partial charge in [-0.15, -0.1) is 0 Å². The molecule has 8 heteroatoms. The first-order chi connectivity index (χ1) is 14.0. The predicted octanol–water partition coefficient (Wildman–Crippen LogP) is 4.61.